The number of carbonyl (C=O) groups is 1. The maximum absolute atomic E-state index is 15.3. The maximum atomic E-state index is 15.3. The highest BCUT2D eigenvalue weighted by Crippen LogP contribution is 2.42. The topological polar surface area (TPSA) is 113 Å². The molecule has 1 amide bonds. The molecular formula is C37H31F3N6O4S. The third kappa shape index (κ3) is 5.36. The normalized spacial score (nSPS) is 14.2. The Morgan fingerprint density at radius 1 is 0.980 bits per heavy atom. The third-order valence-corrected chi connectivity index (χ3v) is 10.6. The molecule has 0 aliphatic carbocycles. The highest BCUT2D eigenvalue weighted by atomic mass is 32.2. The van der Waals surface area contributed by atoms with Crippen LogP contribution in [0.3, 0.4) is 0 Å². The first-order chi connectivity index (χ1) is 24.3. The van der Waals surface area contributed by atoms with E-state index in [4.69, 9.17) is 14.4 Å². The second-order valence-corrected chi connectivity index (χ2v) is 14.9. The zero-order valence-corrected chi connectivity index (χ0v) is 28.8. The van der Waals surface area contributed by atoms with Crippen LogP contribution in [0.5, 0.6) is 0 Å². The Morgan fingerprint density at radius 3 is 2.47 bits per heavy atom. The molecule has 7 aromatic rings. The minimum atomic E-state index is -3.83. The molecule has 14 heteroatoms. The summed E-state index contributed by atoms with van der Waals surface area (Å²) in [6, 6.07) is 17.5. The van der Waals surface area contributed by atoms with Gasteiger partial charge in [-0.3, -0.25) is 18.4 Å². The number of aromatic nitrogens is 3. The third-order valence-electron chi connectivity index (χ3n) is 9.44. The summed E-state index contributed by atoms with van der Waals surface area (Å²) < 4.78 is 79.1. The number of furan rings is 1. The number of carbonyl (C=O) groups excluding carboxylic acids is 1. The van der Waals surface area contributed by atoms with Gasteiger partial charge in [-0.05, 0) is 61.0 Å². The molecule has 1 N–H and O–H groups in total. The highest BCUT2D eigenvalue weighted by molar-refractivity contribution is 7.92. The van der Waals surface area contributed by atoms with E-state index in [-0.39, 0.29) is 41.2 Å². The average molecular weight is 713 g/mol. The molecule has 1 aliphatic rings. The van der Waals surface area contributed by atoms with Crippen molar-refractivity contribution in [1.82, 2.24) is 24.6 Å². The predicted molar refractivity (Wildman–Crippen MR) is 190 cm³/mol. The van der Waals surface area contributed by atoms with Gasteiger partial charge in [-0.25, -0.2) is 31.6 Å². The summed E-state index contributed by atoms with van der Waals surface area (Å²) in [5, 5.41) is 3.27. The molecular weight excluding hydrogens is 682 g/mol. The number of hydrogen-bond acceptors (Lipinski definition) is 7. The van der Waals surface area contributed by atoms with Gasteiger partial charge in [-0.1, -0.05) is 12.1 Å². The fraction of sp³-hybridized carbons (Fsp3) is 0.216. The summed E-state index contributed by atoms with van der Waals surface area (Å²) in [4.78, 5) is 25.2. The molecule has 0 radical (unpaired) electrons. The lowest BCUT2D eigenvalue weighted by Crippen LogP contribution is -2.47. The number of sulfonamides is 1. The van der Waals surface area contributed by atoms with Crippen LogP contribution in [0.15, 0.2) is 71.1 Å². The average Bonchev–Trinajstić information content (AvgIpc) is 3.66. The van der Waals surface area contributed by atoms with Crippen LogP contribution in [0.4, 0.5) is 18.9 Å². The monoisotopic (exact) mass is 712 g/mol. The number of rotatable bonds is 7. The summed E-state index contributed by atoms with van der Waals surface area (Å²) in [6.45, 7) is 2.62. The molecule has 1 aliphatic heterocycles. The molecule has 0 spiro atoms. The van der Waals surface area contributed by atoms with Crippen molar-refractivity contribution >= 4 is 60.0 Å². The van der Waals surface area contributed by atoms with Gasteiger partial charge in [-0.2, -0.15) is 0 Å². The van der Waals surface area contributed by atoms with E-state index >= 15 is 8.78 Å². The van der Waals surface area contributed by atoms with Crippen molar-refractivity contribution in [2.75, 3.05) is 37.7 Å². The quantitative estimate of drug-likeness (QED) is 0.198. The largest absolute Gasteiger partial charge is 0.455 e. The molecule has 0 bridgehead atoms. The van der Waals surface area contributed by atoms with E-state index in [1.807, 2.05) is 9.30 Å². The summed E-state index contributed by atoms with van der Waals surface area (Å²) in [5.41, 5.74) is 3.84. The van der Waals surface area contributed by atoms with E-state index in [1.54, 1.807) is 49.4 Å². The molecule has 1 saturated heterocycles. The zero-order valence-electron chi connectivity index (χ0n) is 28.0. The van der Waals surface area contributed by atoms with Gasteiger partial charge in [0.2, 0.25) is 10.0 Å². The molecule has 51 heavy (non-hydrogen) atoms. The summed E-state index contributed by atoms with van der Waals surface area (Å²) in [5.74, 6) is -0.978. The van der Waals surface area contributed by atoms with Gasteiger partial charge >= 0.3 is 0 Å². The summed E-state index contributed by atoms with van der Waals surface area (Å²) in [6.07, 6.45) is 0.144. The number of halogens is 3. The molecule has 10 nitrogen and oxygen atoms in total. The molecule has 0 atom stereocenters. The number of aryl methyl sites for hydroxylation is 1. The number of amides is 1. The first-order valence-corrected chi connectivity index (χ1v) is 18.0. The number of alkyl halides is 1. The summed E-state index contributed by atoms with van der Waals surface area (Å²) in [7, 11) is -0.993. The number of fused-ring (bicyclic) bond motifs is 6. The number of pyridine rings is 1. The molecule has 4 aromatic heterocycles. The number of nitrogens with one attached hydrogen (secondary N) is 1. The van der Waals surface area contributed by atoms with Crippen molar-refractivity contribution in [2.45, 2.75) is 19.6 Å². The molecule has 260 valence electrons. The van der Waals surface area contributed by atoms with Crippen molar-refractivity contribution < 1.29 is 30.8 Å². The van der Waals surface area contributed by atoms with Gasteiger partial charge < -0.3 is 9.73 Å². The Morgan fingerprint density at radius 2 is 1.76 bits per heavy atom. The van der Waals surface area contributed by atoms with Crippen molar-refractivity contribution in [3.63, 3.8) is 0 Å². The Balaban J connectivity index is 1.40. The standard InChI is InChI=1S/C37H31F3N6O4S/c1-19-8-9-21(26(40)12-19)36-34(37(47)41-2)24-13-23(30(15-32(24)50-36)44(3)51(4,48)49)27-10-11-28-35(43-27)31-14-22-25(39)6-5-7-29(22)46(31)33(42-28)18-45-16-20(38)17-45/h5-15,20H,16-18H2,1-4H3,(H,41,47). The van der Waals surface area contributed by atoms with Crippen LogP contribution in [0, 0.1) is 18.6 Å². The minimum absolute atomic E-state index is 0.0138. The van der Waals surface area contributed by atoms with E-state index in [2.05, 4.69) is 5.32 Å². The van der Waals surface area contributed by atoms with Crippen molar-refractivity contribution in [1.29, 1.82) is 0 Å². The second-order valence-electron chi connectivity index (χ2n) is 12.9. The van der Waals surface area contributed by atoms with E-state index < -0.39 is 33.7 Å². The van der Waals surface area contributed by atoms with Crippen molar-refractivity contribution in [3.05, 3.63) is 95.3 Å². The van der Waals surface area contributed by atoms with Gasteiger partial charge in [-0.15, -0.1) is 0 Å². The highest BCUT2D eigenvalue weighted by Gasteiger charge is 2.30. The predicted octanol–water partition coefficient (Wildman–Crippen LogP) is 6.61. The molecule has 0 unspecified atom stereocenters. The van der Waals surface area contributed by atoms with Gasteiger partial charge in [0.05, 0.1) is 51.9 Å². The van der Waals surface area contributed by atoms with Crippen molar-refractivity contribution in [2.24, 2.45) is 0 Å². The van der Waals surface area contributed by atoms with Crippen molar-refractivity contribution in [3.8, 4) is 22.6 Å². The minimum Gasteiger partial charge on any atom is -0.455 e. The van der Waals surface area contributed by atoms with E-state index in [0.29, 0.717) is 62.0 Å². The van der Waals surface area contributed by atoms with Gasteiger partial charge in [0.15, 0.2) is 5.76 Å². The van der Waals surface area contributed by atoms with E-state index in [1.165, 1.54) is 38.4 Å². The lowest BCUT2D eigenvalue weighted by Gasteiger charge is -2.34. The Kier molecular flexibility index (Phi) is 7.58. The van der Waals surface area contributed by atoms with E-state index in [9.17, 15) is 17.6 Å². The first kappa shape index (κ1) is 32.7. The SMILES string of the molecule is CNC(=O)c1c(-c2ccc(C)cc2F)oc2cc(N(C)S(C)(=O)=O)c(-c3ccc4nc(CN5CC(F)C5)n5c6cccc(F)c6cc5c4n3)cc12. The van der Waals surface area contributed by atoms with Crippen LogP contribution in [-0.4, -0.2) is 73.2 Å². The van der Waals surface area contributed by atoms with E-state index in [0.717, 1.165) is 10.6 Å². The second kappa shape index (κ2) is 11.8. The molecule has 3 aromatic carbocycles. The number of nitrogens with zero attached hydrogens (tertiary/aromatic N) is 5. The van der Waals surface area contributed by atoms with Crippen LogP contribution >= 0.6 is 0 Å². The van der Waals surface area contributed by atoms with Gasteiger partial charge in [0, 0.05) is 49.6 Å². The smallest absolute Gasteiger partial charge is 0.255 e. The van der Waals surface area contributed by atoms with Gasteiger partial charge in [0.1, 0.15) is 34.7 Å². The first-order valence-electron chi connectivity index (χ1n) is 16.1. The van der Waals surface area contributed by atoms with Crippen LogP contribution in [0.1, 0.15) is 21.7 Å². The number of anilines is 1. The molecule has 8 rings (SSSR count). The Labute approximate surface area is 290 Å². The fourth-order valence-corrected chi connectivity index (χ4v) is 7.29. The lowest BCUT2D eigenvalue weighted by atomic mass is 10.00. The van der Waals surface area contributed by atoms with Crippen LogP contribution in [-0.2, 0) is 16.6 Å². The molecule has 1 fully saturated rings. The van der Waals surface area contributed by atoms with Crippen LogP contribution < -0.4 is 9.62 Å². The Hall–Kier alpha value is -5.47. The Bertz CT molecular complexity index is 2700. The zero-order chi connectivity index (χ0) is 35.9. The number of likely N-dealkylation sites (tertiary alicyclic amines) is 1. The fourth-order valence-electron chi connectivity index (χ4n) is 6.78. The summed E-state index contributed by atoms with van der Waals surface area (Å²) >= 11 is 0. The molecule has 0 saturated carbocycles. The number of benzene rings is 3. The van der Waals surface area contributed by atoms with Crippen LogP contribution in [0.25, 0.3) is 61.0 Å². The molecule has 5 heterocycles. The maximum Gasteiger partial charge on any atom is 0.255 e. The van der Waals surface area contributed by atoms with Gasteiger partial charge in [0.25, 0.3) is 5.91 Å². The lowest BCUT2D eigenvalue weighted by molar-refractivity contribution is 0.0567. The number of hydrogen-bond donors (Lipinski definition) is 1. The van der Waals surface area contributed by atoms with Crippen LogP contribution in [0.2, 0.25) is 0 Å².